The Morgan fingerprint density at radius 3 is 2.79 bits per heavy atom. The molecule has 6 aliphatic rings. The van der Waals surface area contributed by atoms with Gasteiger partial charge in [0.05, 0.1) is 0 Å². The van der Waals surface area contributed by atoms with Crippen LogP contribution in [0.3, 0.4) is 0 Å². The fraction of sp³-hybridized carbons (Fsp3) is 0.600. The summed E-state index contributed by atoms with van der Waals surface area (Å²) in [6, 6.07) is 6.98. The molecule has 2 saturated carbocycles. The highest BCUT2D eigenvalue weighted by molar-refractivity contribution is 5.94. The smallest absolute Gasteiger partial charge is 0.243 e. The Labute approximate surface area is 222 Å². The highest BCUT2D eigenvalue weighted by Crippen LogP contribution is 2.62. The normalized spacial score (nSPS) is 38.6. The van der Waals surface area contributed by atoms with E-state index in [9.17, 15) is 19.2 Å². The predicted octanol–water partition coefficient (Wildman–Crippen LogP) is 1.43. The third-order valence-corrected chi connectivity index (χ3v) is 10.7. The molecule has 1 aromatic carbocycles. The number of fused-ring (bicyclic) bond motifs is 7. The zero-order chi connectivity index (χ0) is 26.2. The number of nitrogens with two attached hydrogens (primary N) is 1. The van der Waals surface area contributed by atoms with Crippen LogP contribution in [0.15, 0.2) is 36.4 Å². The number of carbonyl (C=O) groups is 4. The van der Waals surface area contributed by atoms with E-state index < -0.39 is 18.0 Å². The van der Waals surface area contributed by atoms with Crippen molar-refractivity contribution in [3.8, 4) is 0 Å². The molecule has 7 rings (SSSR count). The van der Waals surface area contributed by atoms with Crippen molar-refractivity contribution >= 4 is 23.6 Å². The summed E-state index contributed by atoms with van der Waals surface area (Å²) in [5.41, 5.74) is 8.25. The molecule has 2 aliphatic heterocycles. The van der Waals surface area contributed by atoms with Crippen LogP contribution in [0.1, 0.15) is 49.7 Å². The number of carbonyl (C=O) groups excluding carboxylic acids is 4. The number of aryl methyl sites for hydroxylation is 1. The summed E-state index contributed by atoms with van der Waals surface area (Å²) in [4.78, 5) is 54.4. The van der Waals surface area contributed by atoms with Crippen molar-refractivity contribution in [1.82, 2.24) is 15.5 Å². The van der Waals surface area contributed by atoms with Gasteiger partial charge in [-0.25, -0.2) is 0 Å². The van der Waals surface area contributed by atoms with Crippen LogP contribution in [0.5, 0.6) is 0 Å². The Morgan fingerprint density at radius 2 is 2.00 bits per heavy atom. The molecule has 0 unspecified atom stereocenters. The molecule has 1 aromatic rings. The average molecular weight is 517 g/mol. The number of likely N-dealkylation sites (tertiary alicyclic amines) is 1. The Morgan fingerprint density at radius 1 is 1.18 bits per heavy atom. The van der Waals surface area contributed by atoms with E-state index in [1.54, 1.807) is 0 Å². The number of hydrogen-bond donors (Lipinski definition) is 3. The Hall–Kier alpha value is -3.16. The summed E-state index contributed by atoms with van der Waals surface area (Å²) in [6.07, 6.45) is 10.3. The minimum absolute atomic E-state index is 0.0607. The Bertz CT molecular complexity index is 1240. The van der Waals surface area contributed by atoms with Crippen molar-refractivity contribution in [3.05, 3.63) is 47.5 Å². The molecule has 8 nitrogen and oxygen atoms in total. The maximum atomic E-state index is 14.2. The molecule has 38 heavy (non-hydrogen) atoms. The molecule has 0 aromatic heterocycles. The Kier molecular flexibility index (Phi) is 5.46. The number of nitrogens with zero attached hydrogens (tertiary/aromatic N) is 1. The van der Waals surface area contributed by atoms with Gasteiger partial charge in [-0.2, -0.15) is 0 Å². The average Bonchev–Trinajstić information content (AvgIpc) is 3.37. The van der Waals surface area contributed by atoms with Gasteiger partial charge in [0.1, 0.15) is 12.1 Å². The zero-order valence-corrected chi connectivity index (χ0v) is 21.6. The lowest BCUT2D eigenvalue weighted by molar-refractivity contribution is -0.142. The van der Waals surface area contributed by atoms with Gasteiger partial charge in [-0.05, 0) is 79.7 Å². The molecule has 2 heterocycles. The fourth-order valence-electron chi connectivity index (χ4n) is 8.79. The molecule has 2 bridgehead atoms. The molecule has 0 radical (unpaired) electrons. The maximum Gasteiger partial charge on any atom is 0.243 e. The van der Waals surface area contributed by atoms with E-state index >= 15 is 0 Å². The Balaban J connectivity index is 1.14. The summed E-state index contributed by atoms with van der Waals surface area (Å²) in [7, 11) is 0. The third-order valence-electron chi connectivity index (χ3n) is 10.7. The minimum Gasteiger partial charge on any atom is -0.368 e. The molecule has 8 heteroatoms. The number of rotatable bonds is 6. The summed E-state index contributed by atoms with van der Waals surface area (Å²) in [5.74, 6) is -0.398. The SMILES string of the molecule is NC(=O)[C@H](C[C@@H]1CCNC1=O)NC(=O)[C@@H]1[C@@H]2[C@H](CN1C(=O)[C@@H]1C[C@]13CCCc1ccccc13)[C@@H]1C=C[C@H]2C1. The minimum atomic E-state index is -0.932. The monoisotopic (exact) mass is 516 g/mol. The lowest BCUT2D eigenvalue weighted by atomic mass is 9.78. The van der Waals surface area contributed by atoms with Gasteiger partial charge in [0.15, 0.2) is 0 Å². The summed E-state index contributed by atoms with van der Waals surface area (Å²) in [5, 5.41) is 5.68. The van der Waals surface area contributed by atoms with Gasteiger partial charge in [-0.1, -0.05) is 36.4 Å². The first-order chi connectivity index (χ1) is 18.4. The van der Waals surface area contributed by atoms with Gasteiger partial charge >= 0.3 is 0 Å². The van der Waals surface area contributed by atoms with Gasteiger partial charge in [0.25, 0.3) is 0 Å². The highest BCUT2D eigenvalue weighted by Gasteiger charge is 2.65. The first kappa shape index (κ1) is 23.9. The first-order valence-corrected chi connectivity index (χ1v) is 14.3. The summed E-state index contributed by atoms with van der Waals surface area (Å²) in [6.45, 7) is 1.16. The second-order valence-corrected chi connectivity index (χ2v) is 12.5. The lowest BCUT2D eigenvalue weighted by Gasteiger charge is -2.32. The third kappa shape index (κ3) is 3.55. The first-order valence-electron chi connectivity index (χ1n) is 14.3. The number of allylic oxidation sites excluding steroid dienone is 2. The van der Waals surface area contributed by atoms with Gasteiger partial charge in [0.2, 0.25) is 23.6 Å². The second-order valence-electron chi connectivity index (χ2n) is 12.5. The molecule has 4 N–H and O–H groups in total. The molecule has 2 saturated heterocycles. The van der Waals surface area contributed by atoms with Crippen LogP contribution in [0.25, 0.3) is 0 Å². The van der Waals surface area contributed by atoms with E-state index in [2.05, 4.69) is 47.1 Å². The van der Waals surface area contributed by atoms with Crippen molar-refractivity contribution in [1.29, 1.82) is 0 Å². The van der Waals surface area contributed by atoms with Crippen LogP contribution >= 0.6 is 0 Å². The van der Waals surface area contributed by atoms with Gasteiger partial charge in [-0.15, -0.1) is 0 Å². The maximum absolute atomic E-state index is 14.2. The van der Waals surface area contributed by atoms with Gasteiger partial charge in [-0.3, -0.25) is 19.2 Å². The number of primary amides is 1. The second kappa shape index (κ2) is 8.68. The van der Waals surface area contributed by atoms with E-state index in [4.69, 9.17) is 5.73 Å². The van der Waals surface area contributed by atoms with Crippen LogP contribution in [0, 0.1) is 35.5 Å². The van der Waals surface area contributed by atoms with Gasteiger partial charge < -0.3 is 21.3 Å². The van der Waals surface area contributed by atoms with Crippen LogP contribution < -0.4 is 16.4 Å². The topological polar surface area (TPSA) is 122 Å². The number of amides is 4. The van der Waals surface area contributed by atoms with E-state index in [0.717, 1.165) is 32.1 Å². The van der Waals surface area contributed by atoms with Crippen LogP contribution in [-0.2, 0) is 31.0 Å². The van der Waals surface area contributed by atoms with E-state index in [0.29, 0.717) is 25.4 Å². The van der Waals surface area contributed by atoms with Crippen molar-refractivity contribution in [2.75, 3.05) is 13.1 Å². The highest BCUT2D eigenvalue weighted by atomic mass is 16.2. The molecular formula is C30H36N4O4. The van der Waals surface area contributed by atoms with Gasteiger partial charge in [0, 0.05) is 30.3 Å². The van der Waals surface area contributed by atoms with Crippen LogP contribution in [-0.4, -0.2) is 53.7 Å². The van der Waals surface area contributed by atoms with Crippen LogP contribution in [0.4, 0.5) is 0 Å². The van der Waals surface area contributed by atoms with Crippen molar-refractivity contribution in [3.63, 3.8) is 0 Å². The van der Waals surface area contributed by atoms with Crippen molar-refractivity contribution in [2.24, 2.45) is 41.2 Å². The molecule has 4 aliphatic carbocycles. The molecule has 9 atom stereocenters. The number of hydrogen-bond acceptors (Lipinski definition) is 4. The van der Waals surface area contributed by atoms with Crippen molar-refractivity contribution in [2.45, 2.75) is 62.4 Å². The lowest BCUT2D eigenvalue weighted by Crippen LogP contribution is -2.55. The van der Waals surface area contributed by atoms with E-state index in [1.165, 1.54) is 11.1 Å². The number of benzene rings is 1. The molecular weight excluding hydrogens is 480 g/mol. The fourth-order valence-corrected chi connectivity index (χ4v) is 8.79. The zero-order valence-electron chi connectivity index (χ0n) is 21.6. The largest absolute Gasteiger partial charge is 0.368 e. The summed E-state index contributed by atoms with van der Waals surface area (Å²) < 4.78 is 0. The molecule has 1 spiro atoms. The van der Waals surface area contributed by atoms with Crippen LogP contribution in [0.2, 0.25) is 0 Å². The van der Waals surface area contributed by atoms with E-state index in [-0.39, 0.29) is 59.1 Å². The summed E-state index contributed by atoms with van der Waals surface area (Å²) >= 11 is 0. The quantitative estimate of drug-likeness (QED) is 0.495. The molecule has 200 valence electrons. The van der Waals surface area contributed by atoms with Crippen molar-refractivity contribution < 1.29 is 19.2 Å². The molecule has 4 fully saturated rings. The number of nitrogens with one attached hydrogen (secondary N) is 2. The molecule has 4 amide bonds. The predicted molar refractivity (Wildman–Crippen MR) is 139 cm³/mol. The van der Waals surface area contributed by atoms with E-state index in [1.807, 2.05) is 4.90 Å². The standard InChI is InChI=1S/C30H36N4O4/c31-26(35)23(13-19-9-11-32-27(19)36)33-28(37)25-24-18-8-7-17(12-18)20(24)15-34(25)29(38)22-14-30(22)10-3-5-16-4-1-2-6-21(16)30/h1-2,4,6-8,17-20,22-25H,3,5,9-15H2,(H2,31,35)(H,32,36)(H,33,37)/t17-,18+,19+,20-,22+,23+,24+,25+,30+/m1/s1.